The van der Waals surface area contributed by atoms with Crippen LogP contribution >= 0.6 is 11.6 Å². The molecule has 1 amide bonds. The quantitative estimate of drug-likeness (QED) is 0.246. The van der Waals surface area contributed by atoms with Crippen LogP contribution in [0.15, 0.2) is 55.1 Å². The minimum Gasteiger partial charge on any atom is -0.461 e. The molecule has 0 unspecified atom stereocenters. The van der Waals surface area contributed by atoms with E-state index in [9.17, 15) is 10.1 Å². The lowest BCUT2D eigenvalue weighted by Crippen LogP contribution is -2.55. The van der Waals surface area contributed by atoms with Gasteiger partial charge in [-0.3, -0.25) is 9.69 Å². The summed E-state index contributed by atoms with van der Waals surface area (Å²) in [6.45, 7) is 5.72. The van der Waals surface area contributed by atoms with Gasteiger partial charge in [-0.2, -0.15) is 20.3 Å². The highest BCUT2D eigenvalue weighted by atomic mass is 35.5. The van der Waals surface area contributed by atoms with Gasteiger partial charge in [-0.25, -0.2) is 9.67 Å². The Morgan fingerprint density at radius 2 is 1.90 bits per heavy atom. The number of nitriles is 1. The van der Waals surface area contributed by atoms with Crippen molar-refractivity contribution in [3.63, 3.8) is 0 Å². The summed E-state index contributed by atoms with van der Waals surface area (Å²) in [5.41, 5.74) is 3.18. The van der Waals surface area contributed by atoms with Gasteiger partial charge in [0.05, 0.1) is 41.3 Å². The Kier molecular flexibility index (Phi) is 8.55. The molecule has 1 atom stereocenters. The molecule has 252 valence electrons. The normalized spacial score (nSPS) is 20.5. The fourth-order valence-corrected chi connectivity index (χ4v) is 8.55. The van der Waals surface area contributed by atoms with Crippen molar-refractivity contribution in [1.29, 1.82) is 5.26 Å². The first-order valence-corrected chi connectivity index (χ1v) is 17.5. The van der Waals surface area contributed by atoms with Gasteiger partial charge in [-0.1, -0.05) is 35.9 Å². The summed E-state index contributed by atoms with van der Waals surface area (Å²) in [5.74, 6) is 0.682. The van der Waals surface area contributed by atoms with Crippen LogP contribution < -0.4 is 14.5 Å². The molecule has 4 aliphatic rings. The number of carbonyl (C=O) groups is 1. The Hall–Kier alpha value is -4.73. The van der Waals surface area contributed by atoms with Crippen molar-refractivity contribution in [2.24, 2.45) is 0 Å². The van der Waals surface area contributed by atoms with Gasteiger partial charge in [0.1, 0.15) is 25.1 Å². The number of piperazine rings is 1. The molecule has 3 saturated heterocycles. The number of halogens is 1. The van der Waals surface area contributed by atoms with Crippen molar-refractivity contribution in [3.05, 3.63) is 71.4 Å². The Morgan fingerprint density at radius 3 is 2.69 bits per heavy atom. The molecule has 0 N–H and O–H groups in total. The number of carbonyl (C=O) groups excluding carboxylic acids is 1. The number of hydrogen-bond donors (Lipinski definition) is 0. The van der Waals surface area contributed by atoms with Crippen LogP contribution in [0.3, 0.4) is 0 Å². The summed E-state index contributed by atoms with van der Waals surface area (Å²) in [6.07, 6.45) is 11.6. The molecular formula is C36H39ClN10O2. The molecule has 0 aliphatic carbocycles. The topological polar surface area (TPSA) is 120 Å². The lowest BCUT2D eigenvalue weighted by Gasteiger charge is -2.42. The van der Waals surface area contributed by atoms with E-state index in [4.69, 9.17) is 26.3 Å². The van der Waals surface area contributed by atoms with Crippen LogP contribution in [-0.2, 0) is 17.8 Å². The van der Waals surface area contributed by atoms with Crippen LogP contribution in [0.5, 0.6) is 6.01 Å². The maximum Gasteiger partial charge on any atom is 0.318 e. The number of nitrogens with zero attached hydrogens (tertiary/aromatic N) is 10. The summed E-state index contributed by atoms with van der Waals surface area (Å²) in [7, 11) is 0. The van der Waals surface area contributed by atoms with E-state index < -0.39 is 0 Å². The number of benzene rings is 2. The van der Waals surface area contributed by atoms with Crippen LogP contribution in [0.1, 0.15) is 43.4 Å². The number of hydrogen-bond acceptors (Lipinski definition) is 10. The fraction of sp³-hybridized carbons (Fsp3) is 0.444. The van der Waals surface area contributed by atoms with Gasteiger partial charge >= 0.3 is 6.01 Å². The Labute approximate surface area is 290 Å². The number of ether oxygens (including phenoxy) is 1. The van der Waals surface area contributed by atoms with Crippen LogP contribution in [0.25, 0.3) is 17.0 Å². The summed E-state index contributed by atoms with van der Waals surface area (Å²) >= 11 is 6.75. The van der Waals surface area contributed by atoms with Gasteiger partial charge in [0.15, 0.2) is 0 Å². The molecule has 2 aromatic carbocycles. The zero-order chi connectivity index (χ0) is 33.4. The number of anilines is 2. The molecule has 0 radical (unpaired) electrons. The zero-order valence-electron chi connectivity index (χ0n) is 27.4. The maximum atomic E-state index is 13.3. The first-order chi connectivity index (χ1) is 24.0. The van der Waals surface area contributed by atoms with Gasteiger partial charge in [0.25, 0.3) is 0 Å². The third-order valence-corrected chi connectivity index (χ3v) is 11.0. The summed E-state index contributed by atoms with van der Waals surface area (Å²) in [4.78, 5) is 36.3. The lowest BCUT2D eigenvalue weighted by atomic mass is 9.95. The van der Waals surface area contributed by atoms with Crippen LogP contribution in [0.2, 0.25) is 5.02 Å². The van der Waals surface area contributed by atoms with Crippen molar-refractivity contribution < 1.29 is 9.53 Å². The number of fused-ring (bicyclic) bond motifs is 3. The molecule has 13 heteroatoms. The Morgan fingerprint density at radius 1 is 1.06 bits per heavy atom. The summed E-state index contributed by atoms with van der Waals surface area (Å²) < 4.78 is 8.03. The molecule has 12 nitrogen and oxygen atoms in total. The smallest absolute Gasteiger partial charge is 0.318 e. The van der Waals surface area contributed by atoms with Gasteiger partial charge < -0.3 is 19.4 Å². The van der Waals surface area contributed by atoms with Crippen molar-refractivity contribution in [2.75, 3.05) is 55.7 Å². The zero-order valence-corrected chi connectivity index (χ0v) is 28.2. The Bertz CT molecular complexity index is 1910. The maximum absolute atomic E-state index is 13.3. The third kappa shape index (κ3) is 6.06. The first kappa shape index (κ1) is 31.5. The predicted molar refractivity (Wildman–Crippen MR) is 187 cm³/mol. The summed E-state index contributed by atoms with van der Waals surface area (Å²) in [5, 5.41) is 16.7. The second kappa shape index (κ2) is 13.3. The molecular weight excluding hydrogens is 640 g/mol. The van der Waals surface area contributed by atoms with Crippen molar-refractivity contribution >= 4 is 46.0 Å². The van der Waals surface area contributed by atoms with Crippen LogP contribution in [-0.4, -0.2) is 97.9 Å². The minimum atomic E-state index is -0.302. The van der Waals surface area contributed by atoms with Gasteiger partial charge in [0.2, 0.25) is 5.91 Å². The number of amides is 1. The molecule has 6 heterocycles. The van der Waals surface area contributed by atoms with E-state index in [1.807, 2.05) is 12.1 Å². The highest BCUT2D eigenvalue weighted by Crippen LogP contribution is 2.40. The SMILES string of the molecule is N#CC[C@H]1CN(c2nc(OCC34CCCN3CCC4)nc3c2CCN(c2cccc4cccc(Cl)c24)C3)CCN1C(=O)/C=C/n1cncn1. The standard InChI is InChI=1S/C36H39ClN10O2/c37-29-7-1-5-26-6-2-8-31(33(26)29)43-17-10-28-30(22-43)41-35(49-23-36-12-3-15-45(36)16-4-13-36)42-34(28)44-19-20-47(27(21-44)9-14-38)32(48)11-18-46-25-39-24-40-46/h1-2,5-8,11,18,24-25,27H,3-4,9-10,12-13,15-17,19-23H2/b18-11+/t27-/m0/s1. The molecule has 3 fully saturated rings. The second-order valence-corrected chi connectivity index (χ2v) is 13.8. The van der Waals surface area contributed by atoms with Gasteiger partial charge in [-0.15, -0.1) is 0 Å². The van der Waals surface area contributed by atoms with E-state index in [1.165, 1.54) is 36.3 Å². The average molecular weight is 679 g/mol. The Balaban J connectivity index is 1.10. The van der Waals surface area contributed by atoms with E-state index >= 15 is 0 Å². The van der Waals surface area contributed by atoms with E-state index in [0.29, 0.717) is 38.8 Å². The summed E-state index contributed by atoms with van der Waals surface area (Å²) in [6, 6.07) is 14.7. The van der Waals surface area contributed by atoms with Crippen molar-refractivity contribution in [3.8, 4) is 12.1 Å². The van der Waals surface area contributed by atoms with E-state index in [1.54, 1.807) is 11.1 Å². The molecule has 0 spiro atoms. The average Bonchev–Trinajstić information content (AvgIpc) is 3.88. The van der Waals surface area contributed by atoms with E-state index in [0.717, 1.165) is 77.5 Å². The third-order valence-electron chi connectivity index (χ3n) is 10.7. The molecule has 0 saturated carbocycles. The monoisotopic (exact) mass is 678 g/mol. The first-order valence-electron chi connectivity index (χ1n) is 17.2. The van der Waals surface area contributed by atoms with Crippen LogP contribution in [0.4, 0.5) is 11.5 Å². The van der Waals surface area contributed by atoms with Crippen LogP contribution in [0, 0.1) is 11.3 Å². The van der Waals surface area contributed by atoms with E-state index in [2.05, 4.69) is 55.1 Å². The second-order valence-electron chi connectivity index (χ2n) is 13.4. The molecule has 2 aromatic heterocycles. The molecule has 4 aromatic rings. The van der Waals surface area contributed by atoms with Gasteiger partial charge in [0, 0.05) is 55.1 Å². The molecule has 8 rings (SSSR count). The predicted octanol–water partition coefficient (Wildman–Crippen LogP) is 4.55. The van der Waals surface area contributed by atoms with Crippen molar-refractivity contribution in [2.45, 2.75) is 56.7 Å². The highest BCUT2D eigenvalue weighted by molar-refractivity contribution is 6.36. The minimum absolute atomic E-state index is 0.0643. The largest absolute Gasteiger partial charge is 0.461 e. The highest BCUT2D eigenvalue weighted by Gasteiger charge is 2.45. The van der Waals surface area contributed by atoms with Gasteiger partial charge in [-0.05, 0) is 62.7 Å². The molecule has 4 aliphatic heterocycles. The fourth-order valence-electron chi connectivity index (χ4n) is 8.27. The molecule has 49 heavy (non-hydrogen) atoms. The van der Waals surface area contributed by atoms with E-state index in [-0.39, 0.29) is 23.9 Å². The lowest BCUT2D eigenvalue weighted by molar-refractivity contribution is -0.128. The molecule has 0 bridgehead atoms. The van der Waals surface area contributed by atoms with Crippen molar-refractivity contribution in [1.82, 2.24) is 34.5 Å². The number of rotatable bonds is 8. The number of aromatic nitrogens is 5.